The van der Waals surface area contributed by atoms with Crippen molar-refractivity contribution in [2.45, 2.75) is 45.6 Å². The van der Waals surface area contributed by atoms with E-state index in [1.165, 1.54) is 19.1 Å². The zero-order chi connectivity index (χ0) is 21.1. The van der Waals surface area contributed by atoms with E-state index in [9.17, 15) is 18.0 Å². The van der Waals surface area contributed by atoms with Crippen molar-refractivity contribution in [3.8, 4) is 0 Å². The maximum atomic E-state index is 12.4. The van der Waals surface area contributed by atoms with Crippen LogP contribution in [0.4, 0.5) is 0 Å². The third-order valence-electron chi connectivity index (χ3n) is 4.66. The van der Waals surface area contributed by atoms with E-state index in [2.05, 4.69) is 4.72 Å². The molecule has 0 aliphatic rings. The molecule has 0 radical (unpaired) electrons. The number of hydrogen-bond donors (Lipinski definition) is 1. The van der Waals surface area contributed by atoms with Gasteiger partial charge in [-0.3, -0.25) is 9.59 Å². The van der Waals surface area contributed by atoms with Crippen LogP contribution in [0.3, 0.4) is 0 Å². The summed E-state index contributed by atoms with van der Waals surface area (Å²) in [5.74, 6) is -1.16. The first kappa shape index (κ1) is 21.8. The van der Waals surface area contributed by atoms with E-state index in [-0.39, 0.29) is 10.7 Å². The van der Waals surface area contributed by atoms with Gasteiger partial charge in [-0.15, -0.1) is 0 Å². The van der Waals surface area contributed by atoms with Crippen LogP contribution in [-0.4, -0.2) is 32.8 Å². The van der Waals surface area contributed by atoms with Gasteiger partial charge in [0.25, 0.3) is 0 Å². The molecule has 0 heterocycles. The number of aryl methyl sites for hydroxylation is 4. The van der Waals surface area contributed by atoms with Gasteiger partial charge in [-0.25, -0.2) is 8.42 Å². The first-order valence-corrected chi connectivity index (χ1v) is 10.4. The van der Waals surface area contributed by atoms with Gasteiger partial charge in [0.2, 0.25) is 15.8 Å². The van der Waals surface area contributed by atoms with E-state index < -0.39 is 28.6 Å². The predicted octanol–water partition coefficient (Wildman–Crippen LogP) is 3.01. The van der Waals surface area contributed by atoms with Crippen LogP contribution in [0.25, 0.3) is 0 Å². The summed E-state index contributed by atoms with van der Waals surface area (Å²) in [4.78, 5) is 24.5. The van der Waals surface area contributed by atoms with E-state index in [0.29, 0.717) is 5.56 Å². The van der Waals surface area contributed by atoms with Crippen molar-refractivity contribution in [3.05, 3.63) is 64.2 Å². The smallest absolute Gasteiger partial charge is 0.321 e. The van der Waals surface area contributed by atoms with Crippen LogP contribution in [-0.2, 0) is 19.6 Å². The fraction of sp³-hybridized carbons (Fsp3) is 0.333. The van der Waals surface area contributed by atoms with E-state index in [0.717, 1.165) is 22.3 Å². The molecule has 0 aliphatic heterocycles. The summed E-state index contributed by atoms with van der Waals surface area (Å²) in [6.07, 6.45) is -1.01. The number of Topliss-reactive ketones (excluding diaryl/α,β-unsaturated/α-hetero) is 1. The standard InChI is InChI=1S/C21H25NO5S/c1-13-6-8-18(10-15(13)3)21(24)17(5)27-20(23)12-22-28(25,26)19-9-7-14(2)16(4)11-19/h6-11,17,22H,12H2,1-5H3. The molecule has 6 nitrogen and oxygen atoms in total. The lowest BCUT2D eigenvalue weighted by molar-refractivity contribution is -0.144. The van der Waals surface area contributed by atoms with Crippen molar-refractivity contribution in [1.29, 1.82) is 0 Å². The molecule has 150 valence electrons. The van der Waals surface area contributed by atoms with Crippen molar-refractivity contribution in [2.24, 2.45) is 0 Å². The van der Waals surface area contributed by atoms with Gasteiger partial charge in [0, 0.05) is 5.56 Å². The lowest BCUT2D eigenvalue weighted by atomic mass is 10.0. The molecule has 0 saturated heterocycles. The highest BCUT2D eigenvalue weighted by molar-refractivity contribution is 7.89. The SMILES string of the molecule is Cc1ccc(C(=O)C(C)OC(=O)CNS(=O)(=O)c2ccc(C)c(C)c2)cc1C. The van der Waals surface area contributed by atoms with Crippen molar-refractivity contribution in [3.63, 3.8) is 0 Å². The Morgan fingerprint density at radius 3 is 2.07 bits per heavy atom. The van der Waals surface area contributed by atoms with Crippen LogP contribution in [0.15, 0.2) is 41.3 Å². The Labute approximate surface area is 166 Å². The Hall–Kier alpha value is -2.51. The fourth-order valence-corrected chi connectivity index (χ4v) is 3.59. The maximum absolute atomic E-state index is 12.4. The molecular weight excluding hydrogens is 378 g/mol. The minimum Gasteiger partial charge on any atom is -0.453 e. The lowest BCUT2D eigenvalue weighted by Gasteiger charge is -2.14. The number of hydrogen-bond acceptors (Lipinski definition) is 5. The van der Waals surface area contributed by atoms with Gasteiger partial charge in [0.15, 0.2) is 6.10 Å². The third kappa shape index (κ3) is 5.27. The van der Waals surface area contributed by atoms with Crippen LogP contribution >= 0.6 is 0 Å². The molecule has 7 heteroatoms. The molecule has 2 rings (SSSR count). The molecule has 1 atom stereocenters. The first-order chi connectivity index (χ1) is 13.0. The highest BCUT2D eigenvalue weighted by atomic mass is 32.2. The monoisotopic (exact) mass is 403 g/mol. The highest BCUT2D eigenvalue weighted by Crippen LogP contribution is 2.15. The number of carbonyl (C=O) groups excluding carboxylic acids is 2. The van der Waals surface area contributed by atoms with Crippen LogP contribution in [0.2, 0.25) is 0 Å². The van der Waals surface area contributed by atoms with Gasteiger partial charge in [-0.1, -0.05) is 18.2 Å². The lowest BCUT2D eigenvalue weighted by Crippen LogP contribution is -2.34. The molecule has 28 heavy (non-hydrogen) atoms. The van der Waals surface area contributed by atoms with Gasteiger partial charge < -0.3 is 4.74 Å². The van der Waals surface area contributed by atoms with E-state index in [4.69, 9.17) is 4.74 Å². The summed E-state index contributed by atoms with van der Waals surface area (Å²) in [5, 5.41) is 0. The average Bonchev–Trinajstić information content (AvgIpc) is 2.64. The van der Waals surface area contributed by atoms with Crippen molar-refractivity contribution in [1.82, 2.24) is 4.72 Å². The van der Waals surface area contributed by atoms with E-state index in [1.54, 1.807) is 18.2 Å². The zero-order valence-corrected chi connectivity index (χ0v) is 17.5. The summed E-state index contributed by atoms with van der Waals surface area (Å²) >= 11 is 0. The molecule has 2 aromatic carbocycles. The molecule has 1 unspecified atom stereocenters. The summed E-state index contributed by atoms with van der Waals surface area (Å²) in [7, 11) is -3.85. The van der Waals surface area contributed by atoms with Crippen molar-refractivity contribution in [2.75, 3.05) is 6.54 Å². The third-order valence-corrected chi connectivity index (χ3v) is 6.06. The molecule has 0 spiro atoms. The zero-order valence-electron chi connectivity index (χ0n) is 16.7. The number of ketones is 1. The maximum Gasteiger partial charge on any atom is 0.321 e. The largest absolute Gasteiger partial charge is 0.453 e. The average molecular weight is 404 g/mol. The quantitative estimate of drug-likeness (QED) is 0.567. The van der Waals surface area contributed by atoms with Gasteiger partial charge >= 0.3 is 5.97 Å². The van der Waals surface area contributed by atoms with Gasteiger partial charge in [-0.05, 0) is 75.1 Å². The van der Waals surface area contributed by atoms with Crippen molar-refractivity contribution >= 4 is 21.8 Å². The molecule has 0 fully saturated rings. The number of nitrogens with one attached hydrogen (secondary N) is 1. The Morgan fingerprint density at radius 2 is 1.50 bits per heavy atom. The number of rotatable bonds is 7. The molecular formula is C21H25NO5S. The Kier molecular flexibility index (Phi) is 6.74. The number of sulfonamides is 1. The first-order valence-electron chi connectivity index (χ1n) is 8.89. The Balaban J connectivity index is 1.98. The highest BCUT2D eigenvalue weighted by Gasteiger charge is 2.22. The van der Waals surface area contributed by atoms with Crippen LogP contribution in [0.1, 0.15) is 39.5 Å². The second-order valence-corrected chi connectivity index (χ2v) is 8.63. The number of benzene rings is 2. The summed E-state index contributed by atoms with van der Waals surface area (Å²) in [5.41, 5.74) is 4.27. The fourth-order valence-electron chi connectivity index (χ4n) is 2.54. The molecule has 0 amide bonds. The predicted molar refractivity (Wildman–Crippen MR) is 107 cm³/mol. The Morgan fingerprint density at radius 1 is 0.929 bits per heavy atom. The number of esters is 1. The van der Waals surface area contributed by atoms with E-state index in [1.807, 2.05) is 33.8 Å². The summed E-state index contributed by atoms with van der Waals surface area (Å²) < 4.78 is 32.0. The molecule has 2 aromatic rings. The van der Waals surface area contributed by atoms with Gasteiger partial charge in [-0.2, -0.15) is 4.72 Å². The minimum absolute atomic E-state index is 0.0719. The second kappa shape index (κ2) is 8.67. The topological polar surface area (TPSA) is 89.5 Å². The van der Waals surface area contributed by atoms with Gasteiger partial charge in [0.1, 0.15) is 6.54 Å². The molecule has 0 aliphatic carbocycles. The number of ether oxygens (including phenoxy) is 1. The summed E-state index contributed by atoms with van der Waals surface area (Å²) in [6, 6.07) is 9.96. The Bertz CT molecular complexity index is 1010. The molecule has 0 bridgehead atoms. The number of carbonyl (C=O) groups is 2. The van der Waals surface area contributed by atoms with Crippen LogP contribution < -0.4 is 4.72 Å². The second-order valence-electron chi connectivity index (χ2n) is 6.87. The molecule has 0 aromatic heterocycles. The summed E-state index contributed by atoms with van der Waals surface area (Å²) in [6.45, 7) is 8.43. The van der Waals surface area contributed by atoms with Crippen molar-refractivity contribution < 1.29 is 22.7 Å². The van der Waals surface area contributed by atoms with Crippen LogP contribution in [0, 0.1) is 27.7 Å². The molecule has 0 saturated carbocycles. The van der Waals surface area contributed by atoms with Gasteiger partial charge in [0.05, 0.1) is 4.90 Å². The molecule has 1 N–H and O–H groups in total. The van der Waals surface area contributed by atoms with Crippen LogP contribution in [0.5, 0.6) is 0 Å². The minimum atomic E-state index is -3.85. The van der Waals surface area contributed by atoms with E-state index >= 15 is 0 Å². The normalized spacial score (nSPS) is 12.5.